The van der Waals surface area contributed by atoms with Crippen molar-refractivity contribution >= 4 is 86.1 Å². The average Bonchev–Trinajstić information content (AvgIpc) is 0.891. The number of anilines is 3. The number of carboxylic acids is 1. The minimum Gasteiger partial charge on any atom is -0.481 e. The van der Waals surface area contributed by atoms with Gasteiger partial charge in [-0.05, 0) is 215 Å². The van der Waals surface area contributed by atoms with Gasteiger partial charge < -0.3 is 40.6 Å². The van der Waals surface area contributed by atoms with Gasteiger partial charge in [0.25, 0.3) is 0 Å². The largest absolute Gasteiger partial charge is 0.481 e. The molecule has 122 heavy (non-hydrogen) atoms. The van der Waals surface area contributed by atoms with Gasteiger partial charge in [-0.2, -0.15) is 0 Å². The standard InChI is InChI=1S/C18H26O3.2C16H25NO.C16H24O2.C15H22BrNO.C15H23NO.C9H16O3/c1-12(2)10-16(13(3)4)18(20)21-11-17(19)15-8-6-14(5)7-9-15;1-11(2)9-15(12(3)4)16(18)17-14-8-6-7-13(5)10-14;1-4-5-11-15(14-9-7-6-8-10-14)17-16(18)12-13(2)3;1-11(2)10-15(12(3)4)16(17)18-14-8-6-13(5)7-9-14;1-4-5-6-14(11(2)3)15(18)17-13-9-7-12(16)8-10-13;1-11(2)5-10-15(17)16-14-8-6-13(7-9-14)12(3)4;1-6(2)8(9(11)12)5-4-7(3)10/h6-9,12-13,16H,10-11H2,1-5H3;6-8,10-12,15H,9H2,1-5H3,(H,17,18);6-10,13,15H,4-5,11-12H2,1-3H3,(H,17,18);6-9,11-12,15H,10H2,1-5H3;7-11,14H,4-6H2,1-3H3,(H,17,18);6-9,11-12H,5,10H2,1-4H3,(H,16,17);6,8H,4-5H2,1-3H3,(H,11,12). The van der Waals surface area contributed by atoms with E-state index in [1.54, 1.807) is 12.1 Å². The third-order valence-electron chi connectivity index (χ3n) is 20.6. The summed E-state index contributed by atoms with van der Waals surface area (Å²) in [6.07, 6.45) is 12.1. The Morgan fingerprint density at radius 2 is 0.861 bits per heavy atom. The number of benzene rings is 6. The number of ketones is 2. The fraction of sp³-hybridized carbons (Fsp3) is 0.571. The molecule has 0 fully saturated rings. The molecule has 5 N–H and O–H groups in total. The molecule has 0 aromatic heterocycles. The van der Waals surface area contributed by atoms with Crippen LogP contribution in [0.2, 0.25) is 0 Å². The number of aliphatic carboxylic acids is 1. The second kappa shape index (κ2) is 63.4. The zero-order valence-corrected chi connectivity index (χ0v) is 81.8. The van der Waals surface area contributed by atoms with Gasteiger partial charge >= 0.3 is 17.9 Å². The van der Waals surface area contributed by atoms with E-state index >= 15 is 0 Å². The van der Waals surface area contributed by atoms with E-state index < -0.39 is 5.97 Å². The maximum atomic E-state index is 12.3. The molecule has 0 spiro atoms. The molecule has 4 amide bonds. The number of esters is 2. The third kappa shape index (κ3) is 52.8. The number of hydrogen-bond donors (Lipinski definition) is 5. The van der Waals surface area contributed by atoms with E-state index in [4.69, 9.17) is 14.6 Å². The fourth-order valence-corrected chi connectivity index (χ4v) is 13.3. The number of unbranched alkanes of at least 4 members (excludes halogenated alkanes) is 2. The minimum atomic E-state index is -0.800. The summed E-state index contributed by atoms with van der Waals surface area (Å²) in [4.78, 5) is 106. The Morgan fingerprint density at radius 1 is 0.402 bits per heavy atom. The number of aryl methyl sites for hydroxylation is 3. The van der Waals surface area contributed by atoms with Gasteiger partial charge in [0, 0.05) is 58.2 Å². The molecule has 0 radical (unpaired) electrons. The first-order chi connectivity index (χ1) is 57.2. The summed E-state index contributed by atoms with van der Waals surface area (Å²) in [5.74, 6) is 3.93. The van der Waals surface area contributed by atoms with Crippen LogP contribution in [0, 0.1) is 110 Å². The monoisotopic (exact) mass is 1750 g/mol. The molecule has 0 saturated carbocycles. The lowest BCUT2D eigenvalue weighted by Crippen LogP contribution is -2.29. The van der Waals surface area contributed by atoms with Gasteiger partial charge in [-0.25, -0.2) is 0 Å². The zero-order valence-electron chi connectivity index (χ0n) is 80.2. The molecule has 0 saturated heterocycles. The topological polar surface area (TPSA) is 240 Å². The molecule has 0 heterocycles. The van der Waals surface area contributed by atoms with Crippen LogP contribution in [0.15, 0.2) is 156 Å². The smallest absolute Gasteiger partial charge is 0.314 e. The van der Waals surface area contributed by atoms with Crippen molar-refractivity contribution in [3.05, 3.63) is 190 Å². The van der Waals surface area contributed by atoms with Crippen molar-refractivity contribution in [1.29, 1.82) is 0 Å². The summed E-state index contributed by atoms with van der Waals surface area (Å²) in [5.41, 5.74) is 9.17. The lowest BCUT2D eigenvalue weighted by molar-refractivity contribution is -0.149. The highest BCUT2D eigenvalue weighted by Crippen LogP contribution is 2.29. The number of hydrogen-bond acceptors (Lipinski definition) is 11. The number of carbonyl (C=O) groups excluding carboxylic acids is 8. The third-order valence-corrected chi connectivity index (χ3v) is 21.1. The lowest BCUT2D eigenvalue weighted by atomic mass is 9.87. The Kier molecular flexibility index (Phi) is 58.9. The van der Waals surface area contributed by atoms with Crippen molar-refractivity contribution in [3.63, 3.8) is 0 Å². The number of amides is 4. The highest BCUT2D eigenvalue weighted by molar-refractivity contribution is 9.10. The molecule has 6 atom stereocenters. The quantitative estimate of drug-likeness (QED) is 0.0137. The fourth-order valence-electron chi connectivity index (χ4n) is 13.0. The van der Waals surface area contributed by atoms with Crippen LogP contribution >= 0.6 is 15.9 Å². The Morgan fingerprint density at radius 3 is 1.31 bits per heavy atom. The number of ether oxygens (including phenoxy) is 2. The maximum absolute atomic E-state index is 12.3. The van der Waals surface area contributed by atoms with Crippen molar-refractivity contribution in [3.8, 4) is 5.75 Å². The summed E-state index contributed by atoms with van der Waals surface area (Å²) < 4.78 is 11.7. The average molecular weight is 1750 g/mol. The summed E-state index contributed by atoms with van der Waals surface area (Å²) in [6, 6.07) is 49.1. The van der Waals surface area contributed by atoms with Crippen molar-refractivity contribution < 1.29 is 57.7 Å². The van der Waals surface area contributed by atoms with E-state index in [1.165, 1.54) is 18.1 Å². The molecule has 0 aliphatic heterocycles. The zero-order chi connectivity index (χ0) is 92.9. The molecule has 0 aliphatic rings. The Labute approximate surface area is 746 Å². The first-order valence-electron chi connectivity index (χ1n) is 45.2. The first-order valence-corrected chi connectivity index (χ1v) is 46.0. The van der Waals surface area contributed by atoms with Gasteiger partial charge in [0.2, 0.25) is 23.6 Å². The van der Waals surface area contributed by atoms with E-state index in [2.05, 4.69) is 200 Å². The summed E-state index contributed by atoms with van der Waals surface area (Å²) in [7, 11) is 0. The predicted octanol–water partition coefficient (Wildman–Crippen LogP) is 27.3. The van der Waals surface area contributed by atoms with Crippen LogP contribution in [0.3, 0.4) is 0 Å². The van der Waals surface area contributed by atoms with Crippen molar-refractivity contribution in [2.24, 2.45) is 88.8 Å². The second-order valence-electron chi connectivity index (χ2n) is 36.9. The Balaban J connectivity index is 0.00000141. The van der Waals surface area contributed by atoms with Gasteiger partial charge in [0.1, 0.15) is 11.5 Å². The first kappa shape index (κ1) is 113. The van der Waals surface area contributed by atoms with Crippen molar-refractivity contribution in [2.45, 2.75) is 296 Å². The molecule has 6 unspecified atom stereocenters. The van der Waals surface area contributed by atoms with Crippen LogP contribution in [0.25, 0.3) is 0 Å². The highest BCUT2D eigenvalue weighted by Gasteiger charge is 2.29. The highest BCUT2D eigenvalue weighted by atomic mass is 79.9. The van der Waals surface area contributed by atoms with Crippen LogP contribution in [-0.4, -0.2) is 64.8 Å². The van der Waals surface area contributed by atoms with E-state index in [0.29, 0.717) is 90.3 Å². The van der Waals surface area contributed by atoms with Crippen molar-refractivity contribution in [1.82, 2.24) is 5.32 Å². The number of carbonyl (C=O) groups is 9. The van der Waals surface area contributed by atoms with Crippen LogP contribution in [0.4, 0.5) is 17.1 Å². The molecular weight excluding hydrogens is 1590 g/mol. The van der Waals surface area contributed by atoms with Crippen LogP contribution in [0.5, 0.6) is 5.75 Å². The number of rotatable bonds is 40. The minimum absolute atomic E-state index is 0.0219. The molecular formula is C105H161BrN4O12. The summed E-state index contributed by atoms with van der Waals surface area (Å²) >= 11 is 3.39. The van der Waals surface area contributed by atoms with Crippen LogP contribution in [0.1, 0.15) is 313 Å². The van der Waals surface area contributed by atoms with E-state index in [0.717, 1.165) is 102 Å². The van der Waals surface area contributed by atoms with Gasteiger partial charge in [0.05, 0.1) is 23.8 Å². The predicted molar refractivity (Wildman–Crippen MR) is 512 cm³/mol. The molecule has 6 rings (SSSR count). The number of Topliss-reactive ketones (excluding diaryl/α,β-unsaturated/α-hetero) is 2. The van der Waals surface area contributed by atoms with Crippen LogP contribution in [-0.2, 0) is 43.1 Å². The normalized spacial score (nSPS) is 12.4. The molecule has 6 aromatic carbocycles. The summed E-state index contributed by atoms with van der Waals surface area (Å²) in [5, 5.41) is 20.9. The molecule has 6 aromatic rings. The molecule has 17 heteroatoms. The van der Waals surface area contributed by atoms with E-state index in [-0.39, 0.29) is 101 Å². The lowest BCUT2D eigenvalue weighted by Gasteiger charge is -2.22. The van der Waals surface area contributed by atoms with Crippen LogP contribution < -0.4 is 26.0 Å². The maximum Gasteiger partial charge on any atom is 0.314 e. The molecule has 0 aliphatic carbocycles. The van der Waals surface area contributed by atoms with Gasteiger partial charge in [0.15, 0.2) is 12.4 Å². The van der Waals surface area contributed by atoms with E-state index in [1.807, 2.05) is 164 Å². The molecule has 680 valence electrons. The summed E-state index contributed by atoms with van der Waals surface area (Å²) in [6.45, 7) is 57.5. The van der Waals surface area contributed by atoms with Gasteiger partial charge in [-0.3, -0.25) is 38.4 Å². The van der Waals surface area contributed by atoms with E-state index in [9.17, 15) is 43.2 Å². The van der Waals surface area contributed by atoms with Gasteiger partial charge in [-0.15, -0.1) is 0 Å². The number of halogens is 1. The molecule has 0 bridgehead atoms. The SMILES string of the molecule is CC(=O)CCC(C(=O)O)C(C)C.CC(C)CCC(=O)Nc1ccc(C(C)C)cc1.CCCCC(C(=O)Nc1ccc(Br)cc1)C(C)C.CCCCC(NC(=O)CC(C)C)c1ccccc1.Cc1ccc(C(=O)COC(=O)C(CC(C)C)C(C)C)cc1.Cc1ccc(OC(=O)C(CC(C)C)C(C)C)cc1.Cc1cccc(NC(=O)C(CC(C)C)C(C)C)c1. The van der Waals surface area contributed by atoms with Crippen molar-refractivity contribution in [2.75, 3.05) is 22.6 Å². The number of nitrogens with one attached hydrogen (secondary N) is 4. The van der Waals surface area contributed by atoms with Gasteiger partial charge in [-0.1, -0.05) is 310 Å². The Hall–Kier alpha value is -8.57. The Bertz CT molecular complexity index is 3900. The number of carboxylic acid groups (broad SMARTS) is 1. The molecule has 16 nitrogen and oxygen atoms in total. The second-order valence-corrected chi connectivity index (χ2v) is 37.8.